The molecular formula is C22H24F2N6O2. The molecule has 1 atom stereocenters. The van der Waals surface area contributed by atoms with E-state index in [0.717, 1.165) is 23.6 Å². The fourth-order valence-corrected chi connectivity index (χ4v) is 3.51. The summed E-state index contributed by atoms with van der Waals surface area (Å²) < 4.78 is 34.2. The van der Waals surface area contributed by atoms with Crippen LogP contribution in [-0.2, 0) is 17.2 Å². The lowest BCUT2D eigenvalue weighted by molar-refractivity contribution is 0.0127. The monoisotopic (exact) mass is 442 g/mol. The van der Waals surface area contributed by atoms with Gasteiger partial charge in [-0.3, -0.25) is 4.68 Å². The van der Waals surface area contributed by atoms with Gasteiger partial charge in [0.25, 0.3) is 5.92 Å². The minimum Gasteiger partial charge on any atom is -0.442 e. The van der Waals surface area contributed by atoms with Crippen LogP contribution in [-0.4, -0.2) is 37.5 Å². The van der Waals surface area contributed by atoms with Crippen molar-refractivity contribution in [2.45, 2.75) is 51.8 Å². The Bertz CT molecular complexity index is 1160. The highest BCUT2D eigenvalue weighted by molar-refractivity contribution is 5.71. The first kappa shape index (κ1) is 21.7. The number of nitrogens with one attached hydrogen (secondary N) is 2. The van der Waals surface area contributed by atoms with Crippen molar-refractivity contribution in [2.24, 2.45) is 0 Å². The summed E-state index contributed by atoms with van der Waals surface area (Å²) in [7, 11) is 0. The molecule has 168 valence electrons. The molecule has 0 radical (unpaired) electrons. The Hall–Kier alpha value is -3.56. The van der Waals surface area contributed by atoms with E-state index in [4.69, 9.17) is 4.74 Å². The number of carbonyl (C=O) groups excluding carboxylic acids is 1. The molecule has 1 saturated heterocycles. The number of hydrogen-bond acceptors (Lipinski definition) is 6. The minimum atomic E-state index is -3.05. The molecule has 1 aliphatic heterocycles. The van der Waals surface area contributed by atoms with E-state index in [2.05, 4.69) is 25.7 Å². The van der Waals surface area contributed by atoms with Crippen LogP contribution in [0.2, 0.25) is 0 Å². The van der Waals surface area contributed by atoms with Gasteiger partial charge in [-0.25, -0.2) is 14.8 Å². The zero-order chi connectivity index (χ0) is 23.1. The van der Waals surface area contributed by atoms with Crippen LogP contribution >= 0.6 is 0 Å². The van der Waals surface area contributed by atoms with Crippen molar-refractivity contribution in [3.05, 3.63) is 54.1 Å². The van der Waals surface area contributed by atoms with Crippen LogP contribution in [0.1, 0.15) is 32.0 Å². The van der Waals surface area contributed by atoms with Gasteiger partial charge in [0.1, 0.15) is 11.8 Å². The molecule has 32 heavy (non-hydrogen) atoms. The maximum atomic E-state index is 13.6. The zero-order valence-electron chi connectivity index (χ0n) is 18.2. The van der Waals surface area contributed by atoms with Gasteiger partial charge in [0, 0.05) is 30.6 Å². The largest absolute Gasteiger partial charge is 0.442 e. The smallest absolute Gasteiger partial charge is 0.408 e. The first-order valence-corrected chi connectivity index (χ1v) is 10.1. The number of hydrogen-bond donors (Lipinski definition) is 2. The average Bonchev–Trinajstić information content (AvgIpc) is 3.24. The summed E-state index contributed by atoms with van der Waals surface area (Å²) in [6, 6.07) is 6.93. The van der Waals surface area contributed by atoms with E-state index < -0.39 is 17.6 Å². The lowest BCUT2D eigenvalue weighted by atomic mass is 9.99. The molecule has 1 aromatic carbocycles. The molecule has 0 aliphatic carbocycles. The van der Waals surface area contributed by atoms with Crippen molar-refractivity contribution in [1.82, 2.24) is 25.1 Å². The number of rotatable bonds is 6. The summed E-state index contributed by atoms with van der Waals surface area (Å²) >= 11 is 0. The summed E-state index contributed by atoms with van der Waals surface area (Å²) in [5.74, 6) is -2.96. The van der Waals surface area contributed by atoms with E-state index in [9.17, 15) is 13.6 Å². The molecule has 8 nitrogen and oxygen atoms in total. The second kappa shape index (κ2) is 7.85. The number of alkyl carbamates (subject to hydrolysis) is 1. The van der Waals surface area contributed by atoms with E-state index in [1.807, 2.05) is 45.2 Å². The third kappa shape index (κ3) is 4.68. The van der Waals surface area contributed by atoms with Crippen molar-refractivity contribution in [1.29, 1.82) is 0 Å². The normalized spacial score (nSPS) is 17.7. The van der Waals surface area contributed by atoms with Crippen molar-refractivity contribution >= 4 is 17.7 Å². The molecule has 0 bridgehead atoms. The van der Waals surface area contributed by atoms with E-state index in [-0.39, 0.29) is 17.7 Å². The molecule has 2 N–H and O–H groups in total. The van der Waals surface area contributed by atoms with Gasteiger partial charge in [-0.2, -0.15) is 13.9 Å². The Morgan fingerprint density at radius 3 is 2.75 bits per heavy atom. The van der Waals surface area contributed by atoms with Gasteiger partial charge in [-0.05, 0) is 50.1 Å². The first-order chi connectivity index (χ1) is 15.0. The molecule has 2 aromatic heterocycles. The van der Waals surface area contributed by atoms with Crippen LogP contribution in [0.15, 0.2) is 42.9 Å². The number of aromatic nitrogens is 4. The summed E-state index contributed by atoms with van der Waals surface area (Å²) in [5, 5.41) is 10.2. The van der Waals surface area contributed by atoms with Crippen LogP contribution in [0.4, 0.5) is 25.2 Å². The van der Waals surface area contributed by atoms with Crippen LogP contribution in [0, 0.1) is 6.92 Å². The Balaban J connectivity index is 1.54. The number of benzene rings is 1. The number of aryl methyl sites for hydroxylation is 1. The Morgan fingerprint density at radius 2 is 2.06 bits per heavy atom. The molecule has 10 heteroatoms. The Morgan fingerprint density at radius 1 is 1.28 bits per heavy atom. The molecule has 1 fully saturated rings. The highest BCUT2D eigenvalue weighted by Crippen LogP contribution is 2.29. The summed E-state index contributed by atoms with van der Waals surface area (Å²) in [6.45, 7) is 6.94. The number of nitrogens with zero attached hydrogens (tertiary/aromatic N) is 4. The van der Waals surface area contributed by atoms with E-state index in [0.29, 0.717) is 12.2 Å². The third-order valence-electron chi connectivity index (χ3n) is 5.24. The van der Waals surface area contributed by atoms with Crippen molar-refractivity contribution < 1.29 is 18.3 Å². The quantitative estimate of drug-likeness (QED) is 0.588. The van der Waals surface area contributed by atoms with Gasteiger partial charge < -0.3 is 15.4 Å². The number of halogens is 2. The Labute approximate surface area is 184 Å². The van der Waals surface area contributed by atoms with E-state index in [1.165, 1.54) is 12.3 Å². The van der Waals surface area contributed by atoms with Crippen LogP contribution < -0.4 is 10.6 Å². The number of anilines is 2. The number of alkyl halides is 2. The fraction of sp³-hybridized carbons (Fsp3) is 0.364. The third-order valence-corrected chi connectivity index (χ3v) is 5.24. The maximum Gasteiger partial charge on any atom is 0.408 e. The second-order valence-corrected chi connectivity index (χ2v) is 8.56. The van der Waals surface area contributed by atoms with Crippen LogP contribution in [0.5, 0.6) is 0 Å². The minimum absolute atomic E-state index is 0.0917. The number of ether oxygens (including phenoxy) is 1. The number of amides is 1. The van der Waals surface area contributed by atoms with Crippen molar-refractivity contribution in [2.75, 3.05) is 5.32 Å². The maximum absolute atomic E-state index is 13.6. The molecule has 4 rings (SSSR count). The zero-order valence-corrected chi connectivity index (χ0v) is 18.2. The van der Waals surface area contributed by atoms with Gasteiger partial charge in [0.15, 0.2) is 0 Å². The van der Waals surface area contributed by atoms with Crippen LogP contribution in [0.25, 0.3) is 11.1 Å². The topological polar surface area (TPSA) is 94.0 Å². The SMILES string of the molecule is Cc1cc(Nc2nccc(C(C)(F)F)n2)cc(-c2cnn(CC3OC(=O)NC3(C)C)c2)c1. The summed E-state index contributed by atoms with van der Waals surface area (Å²) in [6.07, 6.45) is 4.11. The van der Waals surface area contributed by atoms with Crippen molar-refractivity contribution in [3.8, 4) is 11.1 Å². The summed E-state index contributed by atoms with van der Waals surface area (Å²) in [4.78, 5) is 19.5. The lowest BCUT2D eigenvalue weighted by Gasteiger charge is -2.23. The molecule has 1 aliphatic rings. The molecule has 0 spiro atoms. The molecule has 3 aromatic rings. The van der Waals surface area contributed by atoms with Gasteiger partial charge in [-0.1, -0.05) is 6.07 Å². The van der Waals surface area contributed by atoms with E-state index in [1.54, 1.807) is 10.9 Å². The van der Waals surface area contributed by atoms with Gasteiger partial charge in [0.2, 0.25) is 5.95 Å². The highest BCUT2D eigenvalue weighted by Gasteiger charge is 2.41. The van der Waals surface area contributed by atoms with Crippen LogP contribution in [0.3, 0.4) is 0 Å². The standard InChI is InChI=1S/C22H24F2N6O2/c1-13-7-14(9-16(8-13)27-19-25-6-5-17(28-19)22(4,23)24)15-10-26-30(11-15)12-18-21(2,3)29-20(31)32-18/h5-11,18H,12H2,1-4H3,(H,29,31)(H,25,27,28). The van der Waals surface area contributed by atoms with Crippen molar-refractivity contribution in [3.63, 3.8) is 0 Å². The van der Waals surface area contributed by atoms with E-state index >= 15 is 0 Å². The molecule has 1 unspecified atom stereocenters. The second-order valence-electron chi connectivity index (χ2n) is 8.56. The summed E-state index contributed by atoms with van der Waals surface area (Å²) in [5.41, 5.74) is 2.53. The lowest BCUT2D eigenvalue weighted by Crippen LogP contribution is -2.44. The van der Waals surface area contributed by atoms with Gasteiger partial charge >= 0.3 is 6.09 Å². The van der Waals surface area contributed by atoms with Gasteiger partial charge in [0.05, 0.1) is 18.3 Å². The Kier molecular flexibility index (Phi) is 5.31. The van der Waals surface area contributed by atoms with Gasteiger partial charge in [-0.15, -0.1) is 0 Å². The molecule has 0 saturated carbocycles. The first-order valence-electron chi connectivity index (χ1n) is 10.1. The highest BCUT2D eigenvalue weighted by atomic mass is 19.3. The fourth-order valence-electron chi connectivity index (χ4n) is 3.51. The predicted octanol–water partition coefficient (Wildman–Crippen LogP) is 4.39. The predicted molar refractivity (Wildman–Crippen MR) is 115 cm³/mol. The number of cyclic esters (lactones) is 1. The molecule has 3 heterocycles. The number of carbonyl (C=O) groups is 1. The molecule has 1 amide bonds. The molecular weight excluding hydrogens is 418 g/mol. The average molecular weight is 442 g/mol.